The van der Waals surface area contributed by atoms with E-state index in [4.69, 9.17) is 0 Å². The first-order valence-electron chi connectivity index (χ1n) is 10.6. The molecule has 0 bridgehead atoms. The summed E-state index contributed by atoms with van der Waals surface area (Å²) in [4.78, 5) is 0. The van der Waals surface area contributed by atoms with Gasteiger partial charge in [0, 0.05) is 16.8 Å². The van der Waals surface area contributed by atoms with E-state index in [2.05, 4.69) is 68.0 Å². The molecule has 0 atom stereocenters. The number of nitrogens with zero attached hydrogens (tertiary/aromatic N) is 2. The second kappa shape index (κ2) is 5.69. The molecule has 0 saturated heterocycles. The molecule has 3 aromatic carbocycles. The van der Waals surface area contributed by atoms with Gasteiger partial charge in [-0.05, 0) is 72.2 Å². The Hall–Kier alpha value is -3.20. The molecule has 0 unspecified atom stereocenters. The second-order valence-electron chi connectivity index (χ2n) is 9.02. The molecule has 0 aliphatic heterocycles. The Balaban J connectivity index is 2.06. The molecule has 0 radical (unpaired) electrons. The fourth-order valence-electron chi connectivity index (χ4n) is 5.25. The Labute approximate surface area is 174 Å². The summed E-state index contributed by atoms with van der Waals surface area (Å²) in [7, 11) is 2.09. The minimum Gasteiger partial charge on any atom is -0.307 e. The van der Waals surface area contributed by atoms with Crippen molar-refractivity contribution in [2.24, 2.45) is 7.05 Å². The summed E-state index contributed by atoms with van der Waals surface area (Å²) < 4.78 is 19.2. The van der Waals surface area contributed by atoms with Gasteiger partial charge in [0.25, 0.3) is 0 Å². The van der Waals surface area contributed by atoms with Crippen LogP contribution in [0.1, 0.15) is 36.5 Å². The van der Waals surface area contributed by atoms with Crippen LogP contribution in [0.3, 0.4) is 0 Å². The highest BCUT2D eigenvalue weighted by Crippen LogP contribution is 2.42. The van der Waals surface area contributed by atoms with Crippen molar-refractivity contribution in [3.05, 3.63) is 71.2 Å². The lowest BCUT2D eigenvalue weighted by molar-refractivity contribution is -0.643. The Kier molecular flexibility index (Phi) is 3.35. The number of rotatable bonds is 1. The van der Waals surface area contributed by atoms with Gasteiger partial charge < -0.3 is 4.40 Å². The van der Waals surface area contributed by atoms with Crippen LogP contribution in [-0.2, 0) is 7.05 Å². The minimum absolute atomic E-state index is 0.196. The van der Waals surface area contributed by atoms with Crippen molar-refractivity contribution in [3.8, 4) is 0 Å². The summed E-state index contributed by atoms with van der Waals surface area (Å²) in [6, 6.07) is 14.4. The van der Waals surface area contributed by atoms with Crippen molar-refractivity contribution in [2.75, 3.05) is 0 Å². The van der Waals surface area contributed by atoms with Crippen molar-refractivity contribution >= 4 is 49.0 Å². The first-order chi connectivity index (χ1) is 14.4. The molecule has 0 amide bonds. The SMILES string of the molecule is Cc1cc2c3cc(C(C)C)ccc3n3c4cc(F)cc5cc[n+](C)c(c(c1C)c23)c54. The van der Waals surface area contributed by atoms with Crippen LogP contribution in [0.25, 0.3) is 49.0 Å². The van der Waals surface area contributed by atoms with E-state index in [0.717, 1.165) is 21.8 Å². The van der Waals surface area contributed by atoms with Crippen LogP contribution < -0.4 is 4.57 Å². The molecular weight excluding hydrogens is 371 g/mol. The molecule has 0 N–H and O–H groups in total. The van der Waals surface area contributed by atoms with Crippen molar-refractivity contribution < 1.29 is 8.96 Å². The highest BCUT2D eigenvalue weighted by Gasteiger charge is 2.25. The Bertz CT molecular complexity index is 1650. The third-order valence-corrected chi connectivity index (χ3v) is 6.92. The minimum atomic E-state index is -0.196. The highest BCUT2D eigenvalue weighted by molar-refractivity contribution is 6.26. The zero-order valence-electron chi connectivity index (χ0n) is 18.0. The maximum atomic E-state index is 14.7. The Morgan fingerprint density at radius 2 is 1.70 bits per heavy atom. The molecule has 6 aromatic rings. The van der Waals surface area contributed by atoms with E-state index in [0.29, 0.717) is 5.92 Å². The quantitative estimate of drug-likeness (QED) is 0.166. The fraction of sp³-hybridized carbons (Fsp3) is 0.222. The van der Waals surface area contributed by atoms with Crippen LogP contribution in [0, 0.1) is 19.7 Å². The molecule has 3 aromatic heterocycles. The van der Waals surface area contributed by atoms with E-state index in [-0.39, 0.29) is 5.82 Å². The zero-order chi connectivity index (χ0) is 20.9. The first kappa shape index (κ1) is 17.6. The number of hydrogen-bond acceptors (Lipinski definition) is 0. The van der Waals surface area contributed by atoms with E-state index in [9.17, 15) is 4.39 Å². The molecule has 0 saturated carbocycles. The molecule has 0 aliphatic rings. The lowest BCUT2D eigenvalue weighted by atomic mass is 9.96. The third-order valence-electron chi connectivity index (χ3n) is 6.92. The van der Waals surface area contributed by atoms with Gasteiger partial charge in [0.05, 0.1) is 27.3 Å². The molecule has 148 valence electrons. The predicted molar refractivity (Wildman–Crippen MR) is 123 cm³/mol. The maximum Gasteiger partial charge on any atom is 0.224 e. The summed E-state index contributed by atoms with van der Waals surface area (Å²) in [5.74, 6) is 0.262. The standard InChI is InChI=1S/C27H24FN2/c1-14(2)17-6-7-22-20(12-17)21-10-15(3)16(4)24-26(21)30(22)23-13-19(28)11-18-8-9-29(5)27(24)25(18)23/h6-14H,1-5H3/q+1. The van der Waals surface area contributed by atoms with Gasteiger partial charge in [0.15, 0.2) is 6.20 Å². The predicted octanol–water partition coefficient (Wildman–Crippen LogP) is 6.69. The number of pyridine rings is 2. The van der Waals surface area contributed by atoms with Gasteiger partial charge in [-0.1, -0.05) is 19.9 Å². The summed E-state index contributed by atoms with van der Waals surface area (Å²) in [6.45, 7) is 8.86. The third kappa shape index (κ3) is 2.05. The van der Waals surface area contributed by atoms with Crippen LogP contribution >= 0.6 is 0 Å². The van der Waals surface area contributed by atoms with Crippen molar-refractivity contribution in [1.29, 1.82) is 0 Å². The summed E-state index contributed by atoms with van der Waals surface area (Å²) >= 11 is 0. The first-order valence-corrected chi connectivity index (χ1v) is 10.6. The average Bonchev–Trinajstić information content (AvgIpc) is 3.03. The van der Waals surface area contributed by atoms with Crippen LogP contribution in [0.2, 0.25) is 0 Å². The van der Waals surface area contributed by atoms with Gasteiger partial charge in [-0.15, -0.1) is 0 Å². The molecule has 0 spiro atoms. The van der Waals surface area contributed by atoms with Gasteiger partial charge in [-0.25, -0.2) is 8.96 Å². The zero-order valence-corrected chi connectivity index (χ0v) is 18.0. The number of aromatic nitrogens is 2. The largest absolute Gasteiger partial charge is 0.307 e. The van der Waals surface area contributed by atoms with Crippen molar-refractivity contribution in [3.63, 3.8) is 0 Å². The smallest absolute Gasteiger partial charge is 0.224 e. The Morgan fingerprint density at radius 3 is 2.47 bits per heavy atom. The van der Waals surface area contributed by atoms with Crippen molar-refractivity contribution in [2.45, 2.75) is 33.6 Å². The molecule has 3 heteroatoms. The monoisotopic (exact) mass is 395 g/mol. The normalized spacial score (nSPS) is 12.6. The van der Waals surface area contributed by atoms with Gasteiger partial charge in [0.2, 0.25) is 5.52 Å². The topological polar surface area (TPSA) is 8.29 Å². The van der Waals surface area contributed by atoms with E-state index >= 15 is 0 Å². The number of fused-ring (bicyclic) bond motifs is 5. The Morgan fingerprint density at radius 1 is 0.900 bits per heavy atom. The number of benzene rings is 3. The summed E-state index contributed by atoms with van der Waals surface area (Å²) in [5, 5.41) is 5.82. The van der Waals surface area contributed by atoms with Gasteiger partial charge in [0.1, 0.15) is 12.9 Å². The summed E-state index contributed by atoms with van der Waals surface area (Å²) in [6.07, 6.45) is 2.05. The molecule has 6 rings (SSSR count). The second-order valence-corrected chi connectivity index (χ2v) is 9.02. The van der Waals surface area contributed by atoms with Gasteiger partial charge >= 0.3 is 0 Å². The van der Waals surface area contributed by atoms with E-state index < -0.39 is 0 Å². The highest BCUT2D eigenvalue weighted by atomic mass is 19.1. The average molecular weight is 396 g/mol. The van der Waals surface area contributed by atoms with Gasteiger partial charge in [-0.2, -0.15) is 0 Å². The molecule has 30 heavy (non-hydrogen) atoms. The van der Waals surface area contributed by atoms with Crippen LogP contribution in [0.15, 0.2) is 48.7 Å². The fourth-order valence-corrected chi connectivity index (χ4v) is 5.25. The van der Waals surface area contributed by atoms with Crippen LogP contribution in [0.4, 0.5) is 4.39 Å². The van der Waals surface area contributed by atoms with Gasteiger partial charge in [-0.3, -0.25) is 0 Å². The number of aryl methyl sites for hydroxylation is 3. The van der Waals surface area contributed by atoms with Crippen LogP contribution in [0.5, 0.6) is 0 Å². The lowest BCUT2D eigenvalue weighted by Gasteiger charge is -2.14. The molecule has 3 heterocycles. The molecule has 0 fully saturated rings. The molecular formula is C27H24FN2+. The number of hydrogen-bond donors (Lipinski definition) is 0. The number of halogens is 1. The van der Waals surface area contributed by atoms with Crippen molar-refractivity contribution in [1.82, 2.24) is 4.40 Å². The molecule has 0 aliphatic carbocycles. The van der Waals surface area contributed by atoms with E-state index in [1.165, 1.54) is 43.9 Å². The van der Waals surface area contributed by atoms with E-state index in [1.54, 1.807) is 12.1 Å². The summed E-state index contributed by atoms with van der Waals surface area (Å²) in [5.41, 5.74) is 8.34. The van der Waals surface area contributed by atoms with Crippen LogP contribution in [-0.4, -0.2) is 4.40 Å². The lowest BCUT2D eigenvalue weighted by Crippen LogP contribution is -2.29. The van der Waals surface area contributed by atoms with E-state index in [1.807, 2.05) is 12.3 Å². The molecule has 2 nitrogen and oxygen atoms in total. The maximum absolute atomic E-state index is 14.7.